The maximum absolute atomic E-state index is 12.7. The van der Waals surface area contributed by atoms with Crippen molar-refractivity contribution in [1.82, 2.24) is 0 Å². The topological polar surface area (TPSA) is 94.1 Å². The Morgan fingerprint density at radius 1 is 1.10 bits per heavy atom. The van der Waals surface area contributed by atoms with Gasteiger partial charge in [-0.25, -0.2) is 4.79 Å². The van der Waals surface area contributed by atoms with Gasteiger partial charge in [0.25, 0.3) is 0 Å². The molecule has 1 heterocycles. The zero-order chi connectivity index (χ0) is 21.5. The van der Waals surface area contributed by atoms with Crippen LogP contribution in [0.15, 0.2) is 65.7 Å². The van der Waals surface area contributed by atoms with Crippen LogP contribution in [-0.4, -0.2) is 30.1 Å². The Hall–Kier alpha value is -3.74. The summed E-state index contributed by atoms with van der Waals surface area (Å²) in [6.45, 7) is 4.76. The van der Waals surface area contributed by atoms with Crippen molar-refractivity contribution < 1.29 is 28.9 Å². The quantitative estimate of drug-likeness (QED) is 0.473. The average Bonchev–Trinajstić information content (AvgIpc) is 3.03. The van der Waals surface area contributed by atoms with Gasteiger partial charge in [0, 0.05) is 11.3 Å². The van der Waals surface area contributed by atoms with Crippen molar-refractivity contribution in [2.75, 3.05) is 18.5 Å². The third-order valence-corrected chi connectivity index (χ3v) is 4.18. The number of aliphatic carboxylic acids is 1. The molecule has 0 radical (unpaired) electrons. The number of carboxylic acids is 1. The van der Waals surface area contributed by atoms with Crippen LogP contribution in [0.5, 0.6) is 11.5 Å². The van der Waals surface area contributed by atoms with Gasteiger partial charge < -0.3 is 24.6 Å². The van der Waals surface area contributed by atoms with Crippen molar-refractivity contribution in [1.29, 1.82) is 0 Å². The normalized spacial score (nSPS) is 14.6. The first kappa shape index (κ1) is 21.0. The molecular weight excluding hydrogens is 386 g/mol. The van der Waals surface area contributed by atoms with Gasteiger partial charge in [-0.1, -0.05) is 37.3 Å². The van der Waals surface area contributed by atoms with Gasteiger partial charge in [-0.15, -0.1) is 0 Å². The smallest absolute Gasteiger partial charge is 0.345 e. The number of anilines is 1. The van der Waals surface area contributed by atoms with Crippen LogP contribution in [0.3, 0.4) is 0 Å². The Labute approximate surface area is 174 Å². The first-order chi connectivity index (χ1) is 14.5. The molecule has 0 bridgehead atoms. The number of ketones is 1. The molecule has 0 atom stereocenters. The van der Waals surface area contributed by atoms with Crippen LogP contribution in [0, 0.1) is 0 Å². The number of carbonyl (C=O) groups is 2. The van der Waals surface area contributed by atoms with Gasteiger partial charge in [0.1, 0.15) is 0 Å². The van der Waals surface area contributed by atoms with E-state index in [1.807, 2.05) is 19.9 Å². The fourth-order valence-electron chi connectivity index (χ4n) is 2.88. The number of para-hydroxylation sites is 2. The summed E-state index contributed by atoms with van der Waals surface area (Å²) in [6, 6.07) is 14.2. The maximum atomic E-state index is 12.7. The van der Waals surface area contributed by atoms with Gasteiger partial charge in [0.05, 0.1) is 13.2 Å². The van der Waals surface area contributed by atoms with Crippen LogP contribution in [0.4, 0.5) is 5.69 Å². The summed E-state index contributed by atoms with van der Waals surface area (Å²) >= 11 is 0. The highest BCUT2D eigenvalue weighted by atomic mass is 16.5. The second kappa shape index (κ2) is 9.65. The lowest BCUT2D eigenvalue weighted by atomic mass is 10.1. The van der Waals surface area contributed by atoms with Crippen molar-refractivity contribution in [2.45, 2.75) is 20.3 Å². The molecule has 2 aromatic carbocycles. The van der Waals surface area contributed by atoms with E-state index in [0.717, 1.165) is 6.42 Å². The molecule has 0 saturated heterocycles. The highest BCUT2D eigenvalue weighted by molar-refractivity contribution is 6.26. The Kier molecular flexibility index (Phi) is 6.75. The summed E-state index contributed by atoms with van der Waals surface area (Å²) in [7, 11) is 0. The van der Waals surface area contributed by atoms with E-state index in [-0.39, 0.29) is 11.6 Å². The molecule has 7 heteroatoms. The van der Waals surface area contributed by atoms with E-state index in [4.69, 9.17) is 14.2 Å². The van der Waals surface area contributed by atoms with Crippen LogP contribution >= 0.6 is 0 Å². The average molecular weight is 409 g/mol. The fourth-order valence-corrected chi connectivity index (χ4v) is 2.88. The van der Waals surface area contributed by atoms with Crippen molar-refractivity contribution in [3.63, 3.8) is 0 Å². The molecule has 1 aliphatic rings. The van der Waals surface area contributed by atoms with Crippen molar-refractivity contribution in [3.8, 4) is 11.5 Å². The Morgan fingerprint density at radius 2 is 1.87 bits per heavy atom. The Balaban J connectivity index is 1.96. The monoisotopic (exact) mass is 409 g/mol. The zero-order valence-electron chi connectivity index (χ0n) is 16.8. The van der Waals surface area contributed by atoms with Crippen molar-refractivity contribution in [3.05, 3.63) is 71.3 Å². The molecule has 0 fully saturated rings. The lowest BCUT2D eigenvalue weighted by molar-refractivity contribution is -0.134. The van der Waals surface area contributed by atoms with E-state index in [1.54, 1.807) is 42.5 Å². The van der Waals surface area contributed by atoms with E-state index in [0.29, 0.717) is 36.0 Å². The van der Waals surface area contributed by atoms with Crippen molar-refractivity contribution in [2.24, 2.45) is 0 Å². The van der Waals surface area contributed by atoms with E-state index in [9.17, 15) is 14.7 Å². The van der Waals surface area contributed by atoms with Gasteiger partial charge in [0.15, 0.2) is 22.8 Å². The number of hydrogen-bond acceptors (Lipinski definition) is 6. The third-order valence-electron chi connectivity index (χ3n) is 4.18. The summed E-state index contributed by atoms with van der Waals surface area (Å²) < 4.78 is 17.1. The summed E-state index contributed by atoms with van der Waals surface area (Å²) in [4.78, 5) is 24.4. The van der Waals surface area contributed by atoms with E-state index >= 15 is 0 Å². The van der Waals surface area contributed by atoms with Crippen LogP contribution in [-0.2, 0) is 14.3 Å². The second-order valence-electron chi connectivity index (χ2n) is 6.40. The van der Waals surface area contributed by atoms with E-state index in [2.05, 4.69) is 5.32 Å². The van der Waals surface area contributed by atoms with Gasteiger partial charge >= 0.3 is 5.97 Å². The largest absolute Gasteiger partial charge is 0.490 e. The van der Waals surface area contributed by atoms with Crippen LogP contribution < -0.4 is 14.8 Å². The molecule has 2 aromatic rings. The number of Topliss-reactive ketones (excluding diaryl/α,β-unsaturated/α-hetero) is 1. The number of benzene rings is 2. The number of rotatable bonds is 9. The van der Waals surface area contributed by atoms with E-state index < -0.39 is 17.3 Å². The number of nitrogens with one attached hydrogen (secondary N) is 1. The van der Waals surface area contributed by atoms with Gasteiger partial charge in [-0.3, -0.25) is 4.79 Å². The summed E-state index contributed by atoms with van der Waals surface area (Å²) in [6.07, 6.45) is 2.26. The minimum absolute atomic E-state index is 0.110. The number of ether oxygens (including phenoxy) is 3. The molecule has 156 valence electrons. The molecule has 0 saturated carbocycles. The number of carboxylic acid groups (broad SMARTS) is 1. The number of allylic oxidation sites excluding steroid dienone is 1. The minimum Gasteiger partial charge on any atom is -0.490 e. The van der Waals surface area contributed by atoms with Crippen molar-refractivity contribution >= 4 is 23.5 Å². The summed E-state index contributed by atoms with van der Waals surface area (Å²) in [5, 5.41) is 12.4. The molecule has 1 aliphatic heterocycles. The molecule has 0 aliphatic carbocycles. The molecule has 0 spiro atoms. The minimum atomic E-state index is -1.37. The third kappa shape index (κ3) is 4.63. The molecule has 2 N–H and O–H groups in total. The number of hydrogen-bond donors (Lipinski definition) is 2. The lowest BCUT2D eigenvalue weighted by Crippen LogP contribution is -2.12. The van der Waals surface area contributed by atoms with Crippen LogP contribution in [0.2, 0.25) is 0 Å². The molecular formula is C23H23NO6. The fraction of sp³-hybridized carbons (Fsp3) is 0.217. The van der Waals surface area contributed by atoms with Gasteiger partial charge in [0.2, 0.25) is 11.7 Å². The summed E-state index contributed by atoms with van der Waals surface area (Å²) in [5.41, 5.74) is 0.705. The molecule has 0 amide bonds. The van der Waals surface area contributed by atoms with Crippen LogP contribution in [0.1, 0.15) is 25.8 Å². The van der Waals surface area contributed by atoms with Crippen LogP contribution in [0.25, 0.3) is 6.08 Å². The first-order valence-corrected chi connectivity index (χ1v) is 9.67. The molecule has 0 aromatic heterocycles. The Bertz CT molecular complexity index is 994. The highest BCUT2D eigenvalue weighted by Gasteiger charge is 2.36. The zero-order valence-corrected chi connectivity index (χ0v) is 16.8. The highest BCUT2D eigenvalue weighted by Crippen LogP contribution is 2.35. The van der Waals surface area contributed by atoms with Gasteiger partial charge in [-0.2, -0.15) is 0 Å². The number of carbonyl (C=O) groups excluding carboxylic acids is 1. The molecule has 3 rings (SSSR count). The second-order valence-corrected chi connectivity index (χ2v) is 6.40. The predicted molar refractivity (Wildman–Crippen MR) is 112 cm³/mol. The maximum Gasteiger partial charge on any atom is 0.345 e. The summed E-state index contributed by atoms with van der Waals surface area (Å²) in [5.74, 6) is -1.30. The predicted octanol–water partition coefficient (Wildman–Crippen LogP) is 4.22. The molecule has 30 heavy (non-hydrogen) atoms. The Morgan fingerprint density at radius 3 is 2.53 bits per heavy atom. The standard InChI is InChI=1S/C23H23NO6/c1-3-13-29-21-15(9-8-12-17(21)28-4-2)14-18-20(25)19(23(26)27)22(30-18)24-16-10-6-5-7-11-16/h5-12,14,24H,3-4,13H2,1-2H3,(H,26,27)/b18-14-. The van der Waals surface area contributed by atoms with E-state index in [1.165, 1.54) is 6.08 Å². The lowest BCUT2D eigenvalue weighted by Gasteiger charge is -2.14. The SMILES string of the molecule is CCCOc1c(/C=C2\OC(Nc3ccccc3)=C(C(=O)O)C2=O)cccc1OCC. The van der Waals surface area contributed by atoms with Gasteiger partial charge in [-0.05, 0) is 37.6 Å². The first-order valence-electron chi connectivity index (χ1n) is 9.67. The molecule has 7 nitrogen and oxygen atoms in total. The molecule has 0 unspecified atom stereocenters.